The fourth-order valence-corrected chi connectivity index (χ4v) is 5.43. The molecule has 3 unspecified atom stereocenters. The first-order valence-corrected chi connectivity index (χ1v) is 11.9. The van der Waals surface area contributed by atoms with Gasteiger partial charge in [-0.2, -0.15) is 0 Å². The van der Waals surface area contributed by atoms with Gasteiger partial charge in [-0.1, -0.05) is 39.0 Å². The third-order valence-corrected chi connectivity index (χ3v) is 8.04. The number of aliphatic carboxylic acids is 1. The molecule has 2 fully saturated rings. The van der Waals surface area contributed by atoms with Gasteiger partial charge < -0.3 is 15.2 Å². The third kappa shape index (κ3) is 4.32. The molecule has 4 rings (SSSR count). The first-order chi connectivity index (χ1) is 14.7. The molecule has 0 amide bonds. The van der Waals surface area contributed by atoms with Gasteiger partial charge in [0.2, 0.25) is 0 Å². The van der Waals surface area contributed by atoms with E-state index in [2.05, 4.69) is 70.3 Å². The Morgan fingerprint density at radius 3 is 2.52 bits per heavy atom. The molecule has 2 aromatic carbocycles. The van der Waals surface area contributed by atoms with Gasteiger partial charge in [0.15, 0.2) is 0 Å². The van der Waals surface area contributed by atoms with Crippen molar-refractivity contribution in [2.45, 2.75) is 84.9 Å². The highest BCUT2D eigenvalue weighted by Gasteiger charge is 2.52. The summed E-state index contributed by atoms with van der Waals surface area (Å²) in [5, 5.41) is 15.5. The summed E-state index contributed by atoms with van der Waals surface area (Å²) in [5.41, 5.74) is 2.22. The number of rotatable bonds is 6. The molecule has 0 saturated heterocycles. The number of hydrogen-bond acceptors (Lipinski definition) is 3. The van der Waals surface area contributed by atoms with E-state index in [1.807, 2.05) is 0 Å². The maximum absolute atomic E-state index is 11.4. The van der Waals surface area contributed by atoms with Crippen LogP contribution in [0.1, 0.15) is 77.0 Å². The molecule has 31 heavy (non-hydrogen) atoms. The number of nitrogens with one attached hydrogen (secondary N) is 1. The zero-order valence-corrected chi connectivity index (χ0v) is 19.6. The Labute approximate surface area is 186 Å². The smallest absolute Gasteiger partial charge is 0.307 e. The number of aryl methyl sites for hydroxylation is 1. The van der Waals surface area contributed by atoms with E-state index < -0.39 is 5.97 Å². The van der Waals surface area contributed by atoms with Crippen molar-refractivity contribution in [1.82, 2.24) is 5.32 Å². The Hall–Kier alpha value is -2.07. The first-order valence-electron chi connectivity index (χ1n) is 11.9. The Morgan fingerprint density at radius 2 is 1.87 bits per heavy atom. The Balaban J connectivity index is 1.46. The molecule has 0 spiro atoms. The summed E-state index contributed by atoms with van der Waals surface area (Å²) < 4.78 is 6.39. The van der Waals surface area contributed by atoms with Gasteiger partial charge in [0.05, 0.1) is 12.0 Å². The summed E-state index contributed by atoms with van der Waals surface area (Å²) in [6.45, 7) is 10.8. The van der Waals surface area contributed by atoms with Gasteiger partial charge >= 0.3 is 5.97 Å². The van der Waals surface area contributed by atoms with Crippen LogP contribution in [0.25, 0.3) is 10.8 Å². The van der Waals surface area contributed by atoms with Gasteiger partial charge in [-0.05, 0) is 91.3 Å². The van der Waals surface area contributed by atoms with Gasteiger partial charge in [0.25, 0.3) is 0 Å². The highest BCUT2D eigenvalue weighted by molar-refractivity contribution is 5.88. The predicted octanol–water partition coefficient (Wildman–Crippen LogP) is 6.26. The van der Waals surface area contributed by atoms with Gasteiger partial charge in [0, 0.05) is 12.1 Å². The van der Waals surface area contributed by atoms with E-state index in [-0.39, 0.29) is 23.4 Å². The molecule has 4 heteroatoms. The highest BCUT2D eigenvalue weighted by Crippen LogP contribution is 2.47. The molecule has 0 aromatic heterocycles. The van der Waals surface area contributed by atoms with Gasteiger partial charge in [-0.3, -0.25) is 4.79 Å². The summed E-state index contributed by atoms with van der Waals surface area (Å²) in [5.74, 6) is 0.897. The molecule has 2 aliphatic carbocycles. The molecule has 2 aliphatic rings. The number of carbonyl (C=O) groups is 1. The zero-order chi connectivity index (χ0) is 22.3. The highest BCUT2D eigenvalue weighted by atomic mass is 16.5. The molecule has 0 heterocycles. The molecule has 2 saturated carbocycles. The Morgan fingerprint density at radius 1 is 1.16 bits per heavy atom. The number of carboxylic acids is 1. The summed E-state index contributed by atoms with van der Waals surface area (Å²) in [7, 11) is 0. The Kier molecular flexibility index (Phi) is 6.04. The summed E-state index contributed by atoms with van der Waals surface area (Å²) in [4.78, 5) is 11.4. The van der Waals surface area contributed by atoms with Crippen molar-refractivity contribution in [3.05, 3.63) is 41.5 Å². The second-order valence-corrected chi connectivity index (χ2v) is 10.6. The van der Waals surface area contributed by atoms with E-state index in [1.165, 1.54) is 34.7 Å². The first kappa shape index (κ1) is 22.1. The fraction of sp³-hybridized carbons (Fsp3) is 0.593. The summed E-state index contributed by atoms with van der Waals surface area (Å²) in [6.07, 6.45) is 5.87. The van der Waals surface area contributed by atoms with E-state index >= 15 is 0 Å². The lowest BCUT2D eigenvalue weighted by Crippen LogP contribution is -2.59. The minimum atomic E-state index is -0.683. The van der Waals surface area contributed by atoms with Crippen LogP contribution in [0.2, 0.25) is 0 Å². The van der Waals surface area contributed by atoms with Crippen LogP contribution in [0, 0.1) is 24.2 Å². The van der Waals surface area contributed by atoms with Crippen LogP contribution in [0.3, 0.4) is 0 Å². The standard InChI is InChI=1S/C27H37NO3/c1-16-6-10-21(11-7-16)31-24-13-9-20-14-19(8-12-22(20)17(24)2)18(3)28-25-15-23(26(29)30)27(25,4)5/h8-9,12-14,16,18,21,23,25,28H,6-7,10-11,15H2,1-5H3,(H,29,30)/t16-,18?,21+,23?,25?. The maximum atomic E-state index is 11.4. The van der Waals surface area contributed by atoms with Crippen LogP contribution in [0.4, 0.5) is 0 Å². The van der Waals surface area contributed by atoms with Crippen LogP contribution < -0.4 is 10.1 Å². The average Bonchev–Trinajstić information content (AvgIpc) is 2.73. The quantitative estimate of drug-likeness (QED) is 0.576. The van der Waals surface area contributed by atoms with Crippen LogP contribution in [0.5, 0.6) is 5.75 Å². The van der Waals surface area contributed by atoms with Crippen molar-refractivity contribution < 1.29 is 14.6 Å². The lowest BCUT2D eigenvalue weighted by atomic mass is 9.58. The predicted molar refractivity (Wildman–Crippen MR) is 126 cm³/mol. The number of fused-ring (bicyclic) bond motifs is 1. The molecular weight excluding hydrogens is 386 g/mol. The number of carboxylic acid groups (broad SMARTS) is 1. The Bertz CT molecular complexity index is 958. The maximum Gasteiger partial charge on any atom is 0.307 e. The fourth-order valence-electron chi connectivity index (χ4n) is 5.43. The van der Waals surface area contributed by atoms with Crippen LogP contribution in [0.15, 0.2) is 30.3 Å². The van der Waals surface area contributed by atoms with Gasteiger partial charge in [0.1, 0.15) is 5.75 Å². The second-order valence-electron chi connectivity index (χ2n) is 10.6. The van der Waals surface area contributed by atoms with Crippen molar-refractivity contribution in [3.63, 3.8) is 0 Å². The minimum Gasteiger partial charge on any atom is -0.490 e. The molecule has 0 radical (unpaired) electrons. The van der Waals surface area contributed by atoms with E-state index in [0.29, 0.717) is 12.5 Å². The number of benzene rings is 2. The lowest BCUT2D eigenvalue weighted by molar-refractivity contribution is -0.155. The molecule has 2 aromatic rings. The van der Waals surface area contributed by atoms with Crippen LogP contribution >= 0.6 is 0 Å². The van der Waals surface area contributed by atoms with Crippen molar-refractivity contribution in [2.24, 2.45) is 17.3 Å². The third-order valence-electron chi connectivity index (χ3n) is 8.04. The zero-order valence-electron chi connectivity index (χ0n) is 19.6. The molecule has 3 atom stereocenters. The number of hydrogen-bond donors (Lipinski definition) is 2. The molecule has 168 valence electrons. The lowest BCUT2D eigenvalue weighted by Gasteiger charge is -2.51. The van der Waals surface area contributed by atoms with Crippen molar-refractivity contribution in [3.8, 4) is 5.75 Å². The van der Waals surface area contributed by atoms with Crippen molar-refractivity contribution in [2.75, 3.05) is 0 Å². The van der Waals surface area contributed by atoms with Gasteiger partial charge in [-0.25, -0.2) is 0 Å². The average molecular weight is 424 g/mol. The minimum absolute atomic E-state index is 0.170. The van der Waals surface area contributed by atoms with E-state index in [9.17, 15) is 9.90 Å². The molecule has 4 nitrogen and oxygen atoms in total. The molecular formula is C27H37NO3. The molecule has 0 aliphatic heterocycles. The van der Waals surface area contributed by atoms with Crippen molar-refractivity contribution >= 4 is 16.7 Å². The largest absolute Gasteiger partial charge is 0.490 e. The second kappa shape index (κ2) is 8.46. The normalized spacial score (nSPS) is 28.7. The summed E-state index contributed by atoms with van der Waals surface area (Å²) in [6, 6.07) is 11.3. The van der Waals surface area contributed by atoms with E-state index in [4.69, 9.17) is 4.74 Å². The van der Waals surface area contributed by atoms with Gasteiger partial charge in [-0.15, -0.1) is 0 Å². The molecule has 0 bridgehead atoms. The topological polar surface area (TPSA) is 58.6 Å². The monoisotopic (exact) mass is 423 g/mol. The van der Waals surface area contributed by atoms with E-state index in [1.54, 1.807) is 0 Å². The SMILES string of the molecule is Cc1c(O[C@H]2CC[C@@H](C)CC2)ccc2cc(C(C)NC3CC(C(=O)O)C3(C)C)ccc12. The summed E-state index contributed by atoms with van der Waals surface area (Å²) >= 11 is 0. The van der Waals surface area contributed by atoms with Crippen LogP contribution in [-0.2, 0) is 4.79 Å². The molecule has 2 N–H and O–H groups in total. The van der Waals surface area contributed by atoms with Crippen molar-refractivity contribution in [1.29, 1.82) is 0 Å². The van der Waals surface area contributed by atoms with E-state index in [0.717, 1.165) is 24.5 Å². The van der Waals surface area contributed by atoms with Crippen LogP contribution in [-0.4, -0.2) is 23.2 Å². The number of ether oxygens (including phenoxy) is 1.